The predicted molar refractivity (Wildman–Crippen MR) is 96.2 cm³/mol. The third kappa shape index (κ3) is 3.60. The Kier molecular flexibility index (Phi) is 4.56. The summed E-state index contributed by atoms with van der Waals surface area (Å²) < 4.78 is 1.80. The van der Waals surface area contributed by atoms with Gasteiger partial charge in [0.25, 0.3) is 5.91 Å². The second-order valence-corrected chi connectivity index (χ2v) is 5.64. The van der Waals surface area contributed by atoms with Gasteiger partial charge in [0.15, 0.2) is 0 Å². The number of carbonyl (C=O) groups is 1. The average molecular weight is 321 g/mol. The molecule has 2 aromatic carbocycles. The van der Waals surface area contributed by atoms with Crippen LogP contribution in [0.15, 0.2) is 60.0 Å². The molecule has 3 rings (SSSR count). The van der Waals surface area contributed by atoms with Crippen molar-refractivity contribution in [2.24, 2.45) is 5.10 Å². The second-order valence-electron chi connectivity index (χ2n) is 5.64. The fraction of sp³-hybridized carbons (Fsp3) is 0.167. The summed E-state index contributed by atoms with van der Waals surface area (Å²) in [4.78, 5) is 18.3. The molecule has 0 atom stereocenters. The van der Waals surface area contributed by atoms with Gasteiger partial charge in [-0.1, -0.05) is 24.3 Å². The maximum atomic E-state index is 12.0. The molecule has 0 unspecified atom stereocenters. The highest BCUT2D eigenvalue weighted by atomic mass is 16.2. The number of nitrogens with zero attached hydrogens (tertiary/aromatic N) is 4. The van der Waals surface area contributed by atoms with E-state index in [9.17, 15) is 4.79 Å². The van der Waals surface area contributed by atoms with E-state index in [1.165, 1.54) is 0 Å². The normalized spacial score (nSPS) is 11.1. The van der Waals surface area contributed by atoms with Crippen LogP contribution in [0, 0.1) is 0 Å². The Morgan fingerprint density at radius 3 is 2.71 bits per heavy atom. The van der Waals surface area contributed by atoms with Crippen molar-refractivity contribution in [2.45, 2.75) is 6.54 Å². The second kappa shape index (κ2) is 6.95. The lowest BCUT2D eigenvalue weighted by atomic mass is 10.2. The highest BCUT2D eigenvalue weighted by molar-refractivity contribution is 5.84. The summed E-state index contributed by atoms with van der Waals surface area (Å²) in [5.74, 6) is -0.195. The van der Waals surface area contributed by atoms with Crippen molar-refractivity contribution in [1.82, 2.24) is 15.0 Å². The maximum absolute atomic E-state index is 12.0. The Balaban J connectivity index is 1.59. The summed E-state index contributed by atoms with van der Waals surface area (Å²) in [7, 11) is 3.98. The van der Waals surface area contributed by atoms with E-state index in [0.717, 1.165) is 22.3 Å². The smallest absolute Gasteiger partial charge is 0.260 e. The summed E-state index contributed by atoms with van der Waals surface area (Å²) in [6.45, 7) is 0.178. The molecule has 0 saturated heterocycles. The van der Waals surface area contributed by atoms with Crippen LogP contribution in [0.3, 0.4) is 0 Å². The SMILES string of the molecule is CN(C)c1ccc(C=NNC(=O)Cn2cnc3ccccc32)cc1. The lowest BCUT2D eigenvalue weighted by Gasteiger charge is -2.11. The number of rotatable bonds is 5. The zero-order valence-corrected chi connectivity index (χ0v) is 13.7. The number of carbonyl (C=O) groups excluding carboxylic acids is 1. The van der Waals surface area contributed by atoms with Crippen LogP contribution in [-0.4, -0.2) is 35.8 Å². The van der Waals surface area contributed by atoms with E-state index >= 15 is 0 Å². The van der Waals surface area contributed by atoms with Crippen LogP contribution >= 0.6 is 0 Å². The molecule has 6 heteroatoms. The van der Waals surface area contributed by atoms with Gasteiger partial charge in [-0.25, -0.2) is 10.4 Å². The fourth-order valence-corrected chi connectivity index (χ4v) is 2.36. The zero-order valence-electron chi connectivity index (χ0n) is 13.7. The molecule has 0 radical (unpaired) electrons. The van der Waals surface area contributed by atoms with Gasteiger partial charge in [-0.3, -0.25) is 4.79 Å². The molecule has 3 aromatic rings. The predicted octanol–water partition coefficient (Wildman–Crippen LogP) is 2.25. The van der Waals surface area contributed by atoms with E-state index in [2.05, 4.69) is 15.5 Å². The minimum Gasteiger partial charge on any atom is -0.378 e. The molecule has 122 valence electrons. The van der Waals surface area contributed by atoms with Gasteiger partial charge in [0.2, 0.25) is 0 Å². The number of hydrazone groups is 1. The molecule has 1 N–H and O–H groups in total. The van der Waals surface area contributed by atoms with E-state index in [4.69, 9.17) is 0 Å². The molecule has 0 aliphatic rings. The summed E-state index contributed by atoms with van der Waals surface area (Å²) in [6.07, 6.45) is 3.29. The Morgan fingerprint density at radius 2 is 1.96 bits per heavy atom. The minimum atomic E-state index is -0.195. The summed E-state index contributed by atoms with van der Waals surface area (Å²) in [6, 6.07) is 15.6. The van der Waals surface area contributed by atoms with Crippen LogP contribution in [0.1, 0.15) is 5.56 Å². The Morgan fingerprint density at radius 1 is 1.21 bits per heavy atom. The Bertz CT molecular complexity index is 865. The maximum Gasteiger partial charge on any atom is 0.260 e. The largest absolute Gasteiger partial charge is 0.378 e. The molecule has 6 nitrogen and oxygen atoms in total. The molecule has 0 aliphatic heterocycles. The monoisotopic (exact) mass is 321 g/mol. The molecule has 0 bridgehead atoms. The number of benzene rings is 2. The van der Waals surface area contributed by atoms with Crippen LogP contribution in [0.25, 0.3) is 11.0 Å². The molecule has 0 spiro atoms. The lowest BCUT2D eigenvalue weighted by molar-refractivity contribution is -0.121. The van der Waals surface area contributed by atoms with Crippen molar-refractivity contribution in [3.63, 3.8) is 0 Å². The van der Waals surface area contributed by atoms with E-state index in [-0.39, 0.29) is 12.5 Å². The number of imidazole rings is 1. The highest BCUT2D eigenvalue weighted by Gasteiger charge is 2.05. The molecule has 1 aromatic heterocycles. The summed E-state index contributed by atoms with van der Waals surface area (Å²) >= 11 is 0. The standard InChI is InChI=1S/C18H19N5O/c1-22(2)15-9-7-14(8-10-15)11-20-21-18(24)12-23-13-19-16-5-3-4-6-17(16)23/h3-11,13H,12H2,1-2H3,(H,21,24). The topological polar surface area (TPSA) is 62.5 Å². The molecule has 0 saturated carbocycles. The molecular weight excluding hydrogens is 302 g/mol. The van der Waals surface area contributed by atoms with Gasteiger partial charge in [0.1, 0.15) is 6.54 Å². The van der Waals surface area contributed by atoms with Gasteiger partial charge < -0.3 is 9.47 Å². The molecule has 0 fully saturated rings. The molecular formula is C18H19N5O. The van der Waals surface area contributed by atoms with E-state index in [1.54, 1.807) is 17.1 Å². The van der Waals surface area contributed by atoms with Crippen molar-refractivity contribution in [3.8, 4) is 0 Å². The van der Waals surface area contributed by atoms with Gasteiger partial charge in [-0.15, -0.1) is 0 Å². The van der Waals surface area contributed by atoms with Gasteiger partial charge in [0, 0.05) is 19.8 Å². The third-order valence-electron chi connectivity index (χ3n) is 3.65. The number of amides is 1. The molecule has 24 heavy (non-hydrogen) atoms. The number of anilines is 1. The summed E-state index contributed by atoms with van der Waals surface area (Å²) in [5, 5.41) is 4.00. The third-order valence-corrected chi connectivity index (χ3v) is 3.65. The number of para-hydroxylation sites is 2. The summed E-state index contributed by atoms with van der Waals surface area (Å²) in [5.41, 5.74) is 6.38. The highest BCUT2D eigenvalue weighted by Crippen LogP contribution is 2.12. The van der Waals surface area contributed by atoms with Crippen LogP contribution in [0.2, 0.25) is 0 Å². The van der Waals surface area contributed by atoms with Crippen LogP contribution in [-0.2, 0) is 11.3 Å². The van der Waals surface area contributed by atoms with Crippen molar-refractivity contribution < 1.29 is 4.79 Å². The first-order valence-corrected chi connectivity index (χ1v) is 7.62. The molecule has 1 amide bonds. The van der Waals surface area contributed by atoms with Gasteiger partial charge in [0.05, 0.1) is 23.6 Å². The van der Waals surface area contributed by atoms with Gasteiger partial charge in [-0.05, 0) is 29.8 Å². The van der Waals surface area contributed by atoms with Crippen LogP contribution in [0.5, 0.6) is 0 Å². The van der Waals surface area contributed by atoms with E-state index < -0.39 is 0 Å². The van der Waals surface area contributed by atoms with Crippen molar-refractivity contribution in [3.05, 3.63) is 60.4 Å². The number of hydrogen-bond acceptors (Lipinski definition) is 4. The number of aromatic nitrogens is 2. The Hall–Kier alpha value is -3.15. The average Bonchev–Trinajstić information content (AvgIpc) is 2.98. The van der Waals surface area contributed by atoms with Crippen molar-refractivity contribution in [1.29, 1.82) is 0 Å². The van der Waals surface area contributed by atoms with Crippen molar-refractivity contribution in [2.75, 3.05) is 19.0 Å². The van der Waals surface area contributed by atoms with Gasteiger partial charge in [-0.2, -0.15) is 5.10 Å². The van der Waals surface area contributed by atoms with E-state index in [1.807, 2.05) is 67.5 Å². The number of nitrogens with one attached hydrogen (secondary N) is 1. The first-order chi connectivity index (χ1) is 11.6. The Labute approximate surface area is 140 Å². The van der Waals surface area contributed by atoms with Crippen LogP contribution in [0.4, 0.5) is 5.69 Å². The van der Waals surface area contributed by atoms with Crippen LogP contribution < -0.4 is 10.3 Å². The zero-order chi connectivity index (χ0) is 16.9. The molecule has 1 heterocycles. The van der Waals surface area contributed by atoms with Gasteiger partial charge >= 0.3 is 0 Å². The number of fused-ring (bicyclic) bond motifs is 1. The first-order valence-electron chi connectivity index (χ1n) is 7.62. The quantitative estimate of drug-likeness (QED) is 0.579. The molecule has 0 aliphatic carbocycles. The number of hydrogen-bond donors (Lipinski definition) is 1. The fourth-order valence-electron chi connectivity index (χ4n) is 2.36. The minimum absolute atomic E-state index is 0.178. The van der Waals surface area contributed by atoms with E-state index in [0.29, 0.717) is 0 Å². The lowest BCUT2D eigenvalue weighted by Crippen LogP contribution is -2.22. The first kappa shape index (κ1) is 15.7. The van der Waals surface area contributed by atoms with Crippen molar-refractivity contribution >= 4 is 28.8 Å².